The van der Waals surface area contributed by atoms with Crippen LogP contribution in [0, 0.1) is 28.4 Å². The molecule has 0 saturated heterocycles. The summed E-state index contributed by atoms with van der Waals surface area (Å²) in [5.74, 6) is 0. The van der Waals surface area contributed by atoms with E-state index in [-0.39, 0.29) is 11.3 Å². The molecule has 1 N–H and O–H groups in total. The number of thiazole rings is 1. The van der Waals surface area contributed by atoms with Crippen LogP contribution in [0.3, 0.4) is 0 Å². The number of nitro benzene ring substituents is 1. The highest BCUT2D eigenvalue weighted by molar-refractivity contribution is 7.09. The van der Waals surface area contributed by atoms with Crippen molar-refractivity contribution in [2.75, 3.05) is 5.32 Å². The number of nitrogens with one attached hydrogen (secondary N) is 1. The molecule has 0 bridgehead atoms. The van der Waals surface area contributed by atoms with Crippen LogP contribution in [0.15, 0.2) is 23.6 Å². The maximum absolute atomic E-state index is 10.7. The Labute approximate surface area is 113 Å². The smallest absolute Gasteiger partial charge is 0.287 e. The summed E-state index contributed by atoms with van der Waals surface area (Å²) in [6, 6.07) is 6.21. The summed E-state index contributed by atoms with van der Waals surface area (Å²) in [6.45, 7) is 2.45. The first-order valence-corrected chi connectivity index (χ1v) is 6.31. The second kappa shape index (κ2) is 5.46. The van der Waals surface area contributed by atoms with Crippen LogP contribution in [-0.2, 0) is 6.54 Å². The molecule has 0 saturated carbocycles. The van der Waals surface area contributed by atoms with Gasteiger partial charge in [-0.3, -0.25) is 10.1 Å². The van der Waals surface area contributed by atoms with E-state index in [1.807, 2.05) is 18.4 Å². The average molecular weight is 274 g/mol. The highest BCUT2D eigenvalue weighted by Gasteiger charge is 2.13. The van der Waals surface area contributed by atoms with Gasteiger partial charge in [-0.25, -0.2) is 4.98 Å². The maximum Gasteiger partial charge on any atom is 0.287 e. The fraction of sp³-hybridized carbons (Fsp3) is 0.167. The number of aromatic nitrogens is 1. The van der Waals surface area contributed by atoms with Crippen LogP contribution in [-0.4, -0.2) is 9.91 Å². The number of nitro groups is 1. The van der Waals surface area contributed by atoms with Crippen molar-refractivity contribution in [1.29, 1.82) is 5.26 Å². The monoisotopic (exact) mass is 274 g/mol. The van der Waals surface area contributed by atoms with Crippen molar-refractivity contribution in [3.8, 4) is 6.07 Å². The van der Waals surface area contributed by atoms with E-state index >= 15 is 0 Å². The van der Waals surface area contributed by atoms with E-state index in [4.69, 9.17) is 5.26 Å². The predicted octanol–water partition coefficient (Wildman–Crippen LogP) is 2.84. The molecular formula is C12H10N4O2S. The summed E-state index contributed by atoms with van der Waals surface area (Å²) < 4.78 is 0. The van der Waals surface area contributed by atoms with Gasteiger partial charge >= 0.3 is 0 Å². The van der Waals surface area contributed by atoms with Gasteiger partial charge in [0.15, 0.2) is 0 Å². The molecule has 7 heteroatoms. The maximum atomic E-state index is 10.7. The minimum Gasteiger partial charge on any atom is -0.378 e. The molecule has 0 aliphatic carbocycles. The SMILES string of the molecule is Cc1csc(CNc2ccc([N+](=O)[O-])c(C#N)c2)n1. The van der Waals surface area contributed by atoms with Crippen LogP contribution in [0.5, 0.6) is 0 Å². The molecule has 6 nitrogen and oxygen atoms in total. The number of anilines is 1. The molecule has 0 atom stereocenters. The summed E-state index contributed by atoms with van der Waals surface area (Å²) in [5.41, 5.74) is 1.49. The first-order valence-electron chi connectivity index (χ1n) is 5.43. The van der Waals surface area contributed by atoms with Gasteiger partial charge in [0.05, 0.1) is 11.5 Å². The average Bonchev–Trinajstić information content (AvgIpc) is 2.81. The lowest BCUT2D eigenvalue weighted by molar-refractivity contribution is -0.385. The minimum absolute atomic E-state index is 0.0466. The van der Waals surface area contributed by atoms with E-state index in [0.29, 0.717) is 12.2 Å². The van der Waals surface area contributed by atoms with Crippen LogP contribution in [0.2, 0.25) is 0 Å². The lowest BCUT2D eigenvalue weighted by atomic mass is 10.2. The molecule has 0 radical (unpaired) electrons. The highest BCUT2D eigenvalue weighted by atomic mass is 32.1. The van der Waals surface area contributed by atoms with E-state index in [0.717, 1.165) is 10.7 Å². The fourth-order valence-electron chi connectivity index (χ4n) is 1.56. The second-order valence-electron chi connectivity index (χ2n) is 3.84. The van der Waals surface area contributed by atoms with E-state index in [2.05, 4.69) is 10.3 Å². The molecule has 0 fully saturated rings. The lowest BCUT2D eigenvalue weighted by Crippen LogP contribution is -2.00. The van der Waals surface area contributed by atoms with Crippen LogP contribution >= 0.6 is 11.3 Å². The summed E-state index contributed by atoms with van der Waals surface area (Å²) >= 11 is 1.54. The van der Waals surface area contributed by atoms with Crippen LogP contribution in [0.4, 0.5) is 11.4 Å². The lowest BCUT2D eigenvalue weighted by Gasteiger charge is -2.04. The van der Waals surface area contributed by atoms with Gasteiger partial charge < -0.3 is 5.32 Å². The van der Waals surface area contributed by atoms with Crippen molar-refractivity contribution in [2.45, 2.75) is 13.5 Å². The molecule has 1 aromatic heterocycles. The third-order valence-electron chi connectivity index (χ3n) is 2.42. The molecule has 1 aromatic carbocycles. The highest BCUT2D eigenvalue weighted by Crippen LogP contribution is 2.22. The molecule has 0 unspecified atom stereocenters. The molecule has 96 valence electrons. The van der Waals surface area contributed by atoms with Crippen LogP contribution in [0.1, 0.15) is 16.3 Å². The third-order valence-corrected chi connectivity index (χ3v) is 3.39. The Bertz CT molecular complexity index is 660. The predicted molar refractivity (Wildman–Crippen MR) is 72.0 cm³/mol. The van der Waals surface area contributed by atoms with Crippen LogP contribution < -0.4 is 5.32 Å². The van der Waals surface area contributed by atoms with Gasteiger partial charge in [0.1, 0.15) is 16.6 Å². The molecule has 0 amide bonds. The molecule has 0 aliphatic heterocycles. The number of aryl methyl sites for hydroxylation is 1. The van der Waals surface area contributed by atoms with Crippen molar-refractivity contribution in [3.63, 3.8) is 0 Å². The summed E-state index contributed by atoms with van der Waals surface area (Å²) in [4.78, 5) is 14.4. The minimum atomic E-state index is -0.563. The van der Waals surface area contributed by atoms with Gasteiger partial charge in [0.25, 0.3) is 5.69 Å². The Morgan fingerprint density at radius 3 is 2.95 bits per heavy atom. The summed E-state index contributed by atoms with van der Waals surface area (Å²) in [6.07, 6.45) is 0. The van der Waals surface area contributed by atoms with Gasteiger partial charge in [-0.15, -0.1) is 11.3 Å². The number of nitriles is 1. The zero-order valence-electron chi connectivity index (χ0n) is 10.1. The first kappa shape index (κ1) is 13.0. The summed E-state index contributed by atoms with van der Waals surface area (Å²) in [5, 5.41) is 25.6. The second-order valence-corrected chi connectivity index (χ2v) is 4.78. The van der Waals surface area contributed by atoms with Gasteiger partial charge in [-0.2, -0.15) is 5.26 Å². The molecule has 0 aliphatic rings. The van der Waals surface area contributed by atoms with Crippen molar-refractivity contribution < 1.29 is 4.92 Å². The molecule has 2 rings (SSSR count). The van der Waals surface area contributed by atoms with Gasteiger partial charge in [-0.05, 0) is 19.1 Å². The molecular weight excluding hydrogens is 264 g/mol. The fourth-order valence-corrected chi connectivity index (χ4v) is 2.27. The summed E-state index contributed by atoms with van der Waals surface area (Å²) in [7, 11) is 0. The molecule has 1 heterocycles. The molecule has 19 heavy (non-hydrogen) atoms. The Morgan fingerprint density at radius 2 is 2.37 bits per heavy atom. The zero-order chi connectivity index (χ0) is 13.8. The molecule has 0 spiro atoms. The van der Waals surface area contributed by atoms with E-state index < -0.39 is 4.92 Å². The topological polar surface area (TPSA) is 91.9 Å². The van der Waals surface area contributed by atoms with Crippen molar-refractivity contribution in [2.24, 2.45) is 0 Å². The number of benzene rings is 1. The van der Waals surface area contributed by atoms with E-state index in [1.54, 1.807) is 6.07 Å². The van der Waals surface area contributed by atoms with Gasteiger partial charge in [-0.1, -0.05) is 0 Å². The number of nitrogens with zero attached hydrogens (tertiary/aromatic N) is 3. The third kappa shape index (κ3) is 3.05. The largest absolute Gasteiger partial charge is 0.378 e. The van der Waals surface area contributed by atoms with Gasteiger partial charge in [0, 0.05) is 22.8 Å². The standard InChI is InChI=1S/C12H10N4O2S/c1-8-7-19-12(15-8)6-14-10-2-3-11(16(17)18)9(4-10)5-13/h2-4,7,14H,6H2,1H3. The van der Waals surface area contributed by atoms with E-state index in [9.17, 15) is 10.1 Å². The van der Waals surface area contributed by atoms with Crippen molar-refractivity contribution in [1.82, 2.24) is 4.98 Å². The number of hydrogen-bond acceptors (Lipinski definition) is 6. The van der Waals surface area contributed by atoms with Gasteiger partial charge in [0.2, 0.25) is 0 Å². The Hall–Kier alpha value is -2.46. The quantitative estimate of drug-likeness (QED) is 0.683. The zero-order valence-corrected chi connectivity index (χ0v) is 10.9. The Balaban J connectivity index is 2.14. The number of rotatable bonds is 4. The normalized spacial score (nSPS) is 9.89. The van der Waals surface area contributed by atoms with Crippen molar-refractivity contribution >= 4 is 22.7 Å². The Morgan fingerprint density at radius 1 is 1.58 bits per heavy atom. The Kier molecular flexibility index (Phi) is 3.73. The van der Waals surface area contributed by atoms with Crippen LogP contribution in [0.25, 0.3) is 0 Å². The molecule has 2 aromatic rings. The first-order chi connectivity index (χ1) is 9.10. The van der Waals surface area contributed by atoms with Crippen molar-refractivity contribution in [3.05, 3.63) is 50.0 Å². The van der Waals surface area contributed by atoms with E-state index in [1.165, 1.54) is 23.5 Å². The number of hydrogen-bond donors (Lipinski definition) is 1.